The van der Waals surface area contributed by atoms with Crippen molar-refractivity contribution in [3.8, 4) is 0 Å². The highest BCUT2D eigenvalue weighted by molar-refractivity contribution is 14.1. The Hall–Kier alpha value is -0.210. The fourth-order valence-corrected chi connectivity index (χ4v) is 10.4. The van der Waals surface area contributed by atoms with E-state index in [0.29, 0.717) is 0 Å². The summed E-state index contributed by atoms with van der Waals surface area (Å²) in [5.74, 6) is 0. The van der Waals surface area contributed by atoms with E-state index in [9.17, 15) is 0 Å². The highest BCUT2D eigenvalue weighted by Gasteiger charge is 2.40. The minimum atomic E-state index is -0.173. The van der Waals surface area contributed by atoms with Crippen LogP contribution in [0.4, 0.5) is 5.69 Å². The number of halogens is 4. The van der Waals surface area contributed by atoms with Gasteiger partial charge in [0.2, 0.25) is 0 Å². The second-order valence-electron chi connectivity index (χ2n) is 9.96. The molecule has 0 atom stereocenters. The van der Waals surface area contributed by atoms with Crippen LogP contribution < -0.4 is 4.90 Å². The number of likely N-dealkylation sites (N-methyl/N-ethyl adjacent to an activating group) is 1. The lowest BCUT2D eigenvalue weighted by Gasteiger charge is -2.29. The first-order valence-corrected chi connectivity index (χ1v) is 16.0. The molecular formula is C30H32I4N2. The summed E-state index contributed by atoms with van der Waals surface area (Å²) in [6.45, 7) is 11.3. The normalized spacial score (nSPS) is 17.4. The number of fused-ring (bicyclic) bond motifs is 1. The molecule has 0 radical (unpaired) electrons. The molecule has 190 valence electrons. The van der Waals surface area contributed by atoms with Crippen molar-refractivity contribution in [3.05, 3.63) is 103 Å². The third kappa shape index (κ3) is 6.32. The van der Waals surface area contributed by atoms with Gasteiger partial charge in [-0.2, -0.15) is 0 Å². The lowest BCUT2D eigenvalue weighted by atomic mass is 9.77. The first-order valence-electron chi connectivity index (χ1n) is 11.7. The van der Waals surface area contributed by atoms with Gasteiger partial charge in [0.15, 0.2) is 0 Å². The van der Waals surface area contributed by atoms with Crippen LogP contribution in [-0.2, 0) is 10.8 Å². The van der Waals surface area contributed by atoms with Crippen molar-refractivity contribution >= 4 is 102 Å². The van der Waals surface area contributed by atoms with Crippen LogP contribution in [0, 0.1) is 21.2 Å². The Morgan fingerprint density at radius 3 is 2.11 bits per heavy atom. The predicted molar refractivity (Wildman–Crippen MR) is 192 cm³/mol. The molecule has 1 aliphatic rings. The van der Waals surface area contributed by atoms with Gasteiger partial charge in [-0.25, -0.2) is 0 Å². The highest BCUT2D eigenvalue weighted by atomic mass is 127. The standard InChI is InChI=1S/C30H32I4N2/c1-19-15-20(31)16-22(33)27(19)29(2,3)25(35-6)13-11-9-8-10-12-14-26-30(4,5)28-23(34)17-21(32)18-24(28)36(26)7/h8-18H,1-7H3/b9-8+,12-10+,13-11+,26-14-,35-25+. The number of anilines is 1. The molecule has 2 aromatic carbocycles. The predicted octanol–water partition coefficient (Wildman–Crippen LogP) is 9.74. The summed E-state index contributed by atoms with van der Waals surface area (Å²) in [5.41, 5.74) is 7.55. The summed E-state index contributed by atoms with van der Waals surface area (Å²) < 4.78 is 5.16. The Balaban J connectivity index is 1.75. The van der Waals surface area contributed by atoms with Crippen molar-refractivity contribution in [1.29, 1.82) is 0 Å². The molecule has 36 heavy (non-hydrogen) atoms. The average molecular weight is 928 g/mol. The van der Waals surface area contributed by atoms with Crippen LogP contribution in [0.1, 0.15) is 44.4 Å². The quantitative estimate of drug-likeness (QED) is 0.160. The fraction of sp³-hybridized carbons (Fsp3) is 0.300. The maximum absolute atomic E-state index is 4.64. The Bertz CT molecular complexity index is 1290. The van der Waals surface area contributed by atoms with Gasteiger partial charge in [0.05, 0.1) is 0 Å². The summed E-state index contributed by atoms with van der Waals surface area (Å²) in [6, 6.07) is 9.03. The molecule has 0 spiro atoms. The number of hydrogen-bond acceptors (Lipinski definition) is 2. The smallest absolute Gasteiger partial charge is 0.0469 e. The van der Waals surface area contributed by atoms with Gasteiger partial charge < -0.3 is 4.90 Å². The van der Waals surface area contributed by atoms with Gasteiger partial charge in [0.1, 0.15) is 0 Å². The van der Waals surface area contributed by atoms with E-state index >= 15 is 0 Å². The number of aryl methyl sites for hydroxylation is 1. The lowest BCUT2D eigenvalue weighted by molar-refractivity contribution is 0.637. The van der Waals surface area contributed by atoms with Gasteiger partial charge in [-0.3, -0.25) is 4.99 Å². The SMILES string of the molecule is C\N=C(/C=C/C=C/C=C/C=C1\N(C)c2cc(I)cc(I)c2C1(C)C)C(C)(C)c1c(C)cc(I)cc1I. The van der Waals surface area contributed by atoms with Gasteiger partial charge in [0, 0.05) is 61.9 Å². The van der Waals surface area contributed by atoms with E-state index in [2.05, 4.69) is 209 Å². The minimum absolute atomic E-state index is 0.0257. The molecule has 0 saturated carbocycles. The number of nitrogens with zero attached hydrogens (tertiary/aromatic N) is 2. The van der Waals surface area contributed by atoms with Crippen molar-refractivity contribution in [2.75, 3.05) is 19.0 Å². The van der Waals surface area contributed by atoms with Crippen LogP contribution in [0.5, 0.6) is 0 Å². The van der Waals surface area contributed by atoms with Crippen LogP contribution in [0.3, 0.4) is 0 Å². The molecule has 0 aromatic heterocycles. The molecule has 0 amide bonds. The van der Waals surface area contributed by atoms with Gasteiger partial charge >= 0.3 is 0 Å². The second-order valence-corrected chi connectivity index (χ2v) is 14.8. The molecule has 1 aliphatic heterocycles. The number of rotatable bonds is 6. The van der Waals surface area contributed by atoms with E-state index < -0.39 is 0 Å². The molecule has 3 rings (SSSR count). The fourth-order valence-electron chi connectivity index (χ4n) is 5.11. The van der Waals surface area contributed by atoms with Gasteiger partial charge in [-0.15, -0.1) is 0 Å². The Labute approximate surface area is 271 Å². The summed E-state index contributed by atoms with van der Waals surface area (Å²) in [5, 5.41) is 0. The third-order valence-corrected chi connectivity index (χ3v) is 9.68. The number of allylic oxidation sites excluding steroid dienone is 8. The molecule has 2 nitrogen and oxygen atoms in total. The Morgan fingerprint density at radius 2 is 1.47 bits per heavy atom. The summed E-state index contributed by atoms with van der Waals surface area (Å²) >= 11 is 9.72. The summed E-state index contributed by atoms with van der Waals surface area (Å²) in [7, 11) is 4.05. The maximum Gasteiger partial charge on any atom is 0.0469 e. The second kappa shape index (κ2) is 12.3. The molecule has 0 unspecified atom stereocenters. The molecule has 0 bridgehead atoms. The van der Waals surface area contributed by atoms with E-state index in [0.717, 1.165) is 5.71 Å². The van der Waals surface area contributed by atoms with Crippen LogP contribution >= 0.6 is 90.4 Å². The average Bonchev–Trinajstić information content (AvgIpc) is 2.94. The molecule has 0 fully saturated rings. The van der Waals surface area contributed by atoms with E-state index in [1.54, 1.807) is 0 Å². The minimum Gasteiger partial charge on any atom is -0.347 e. The molecular weight excluding hydrogens is 896 g/mol. The van der Waals surface area contributed by atoms with E-state index in [1.165, 1.54) is 42.4 Å². The van der Waals surface area contributed by atoms with E-state index in [-0.39, 0.29) is 10.8 Å². The van der Waals surface area contributed by atoms with Gasteiger partial charge in [-0.05, 0) is 145 Å². The molecule has 0 N–H and O–H groups in total. The Kier molecular flexibility index (Phi) is 10.4. The number of hydrogen-bond donors (Lipinski definition) is 0. The van der Waals surface area contributed by atoms with Crippen molar-refractivity contribution in [2.45, 2.75) is 45.4 Å². The summed E-state index contributed by atoms with van der Waals surface area (Å²) in [6.07, 6.45) is 14.8. The van der Waals surface area contributed by atoms with Gasteiger partial charge in [-0.1, -0.05) is 58.1 Å². The zero-order chi connectivity index (χ0) is 26.8. The van der Waals surface area contributed by atoms with E-state index in [4.69, 9.17) is 0 Å². The topological polar surface area (TPSA) is 15.6 Å². The molecule has 0 aliphatic carbocycles. The maximum atomic E-state index is 4.64. The Morgan fingerprint density at radius 1 is 0.889 bits per heavy atom. The first kappa shape index (κ1) is 30.3. The third-order valence-electron chi connectivity index (χ3n) is 6.73. The van der Waals surface area contributed by atoms with Crippen LogP contribution in [0.25, 0.3) is 0 Å². The van der Waals surface area contributed by atoms with Crippen molar-refractivity contribution in [1.82, 2.24) is 0 Å². The monoisotopic (exact) mass is 928 g/mol. The van der Waals surface area contributed by atoms with Crippen molar-refractivity contribution < 1.29 is 0 Å². The molecule has 6 heteroatoms. The first-order chi connectivity index (χ1) is 16.8. The molecule has 2 aromatic rings. The zero-order valence-electron chi connectivity index (χ0n) is 21.8. The van der Waals surface area contributed by atoms with Crippen LogP contribution in [0.2, 0.25) is 0 Å². The van der Waals surface area contributed by atoms with Crippen molar-refractivity contribution in [3.63, 3.8) is 0 Å². The van der Waals surface area contributed by atoms with Crippen LogP contribution in [0.15, 0.2) is 77.5 Å². The highest BCUT2D eigenvalue weighted by Crippen LogP contribution is 2.49. The largest absolute Gasteiger partial charge is 0.347 e. The van der Waals surface area contributed by atoms with Gasteiger partial charge in [0.25, 0.3) is 0 Å². The van der Waals surface area contributed by atoms with Crippen LogP contribution in [-0.4, -0.2) is 19.8 Å². The van der Waals surface area contributed by atoms with E-state index in [1.807, 2.05) is 7.05 Å². The number of aliphatic imine (C=N–C) groups is 1. The number of benzene rings is 2. The van der Waals surface area contributed by atoms with Crippen molar-refractivity contribution in [2.24, 2.45) is 4.99 Å². The molecule has 1 heterocycles. The lowest BCUT2D eigenvalue weighted by Crippen LogP contribution is -2.30. The summed E-state index contributed by atoms with van der Waals surface area (Å²) in [4.78, 5) is 6.97. The zero-order valence-corrected chi connectivity index (χ0v) is 30.4. The molecule has 0 saturated heterocycles.